The van der Waals surface area contributed by atoms with Crippen LogP contribution in [0.2, 0.25) is 10.0 Å². The van der Waals surface area contributed by atoms with Gasteiger partial charge in [0.1, 0.15) is 5.75 Å². The van der Waals surface area contributed by atoms with Crippen LogP contribution in [0.4, 0.5) is 5.69 Å². The van der Waals surface area contributed by atoms with E-state index in [1.54, 1.807) is 12.0 Å². The molecule has 0 bridgehead atoms. The number of sulfonamides is 1. The molecule has 4 rings (SSSR count). The van der Waals surface area contributed by atoms with Crippen LogP contribution in [0.15, 0.2) is 71.6 Å². The molecule has 11 heteroatoms. The molecular weight excluding hydrogens is 539 g/mol. The summed E-state index contributed by atoms with van der Waals surface area (Å²) in [6, 6.07) is 17.1. The highest BCUT2D eigenvalue weighted by Crippen LogP contribution is 2.33. The Morgan fingerprint density at radius 1 is 1.03 bits per heavy atom. The van der Waals surface area contributed by atoms with Crippen molar-refractivity contribution >= 4 is 50.8 Å². The molecule has 1 fully saturated rings. The van der Waals surface area contributed by atoms with E-state index >= 15 is 0 Å². The Hall–Kier alpha value is -3.27. The first kappa shape index (κ1) is 26.8. The highest BCUT2D eigenvalue weighted by molar-refractivity contribution is 7.92. The molecule has 1 atom stereocenters. The number of rotatable bonds is 8. The fraction of sp³-hybridized carbons (Fsp3) is 0.231. The van der Waals surface area contributed by atoms with Crippen molar-refractivity contribution in [3.8, 4) is 5.75 Å². The Kier molecular flexibility index (Phi) is 8.26. The van der Waals surface area contributed by atoms with Crippen molar-refractivity contribution in [2.24, 2.45) is 0 Å². The van der Waals surface area contributed by atoms with Crippen molar-refractivity contribution in [1.82, 2.24) is 4.90 Å². The van der Waals surface area contributed by atoms with Crippen molar-refractivity contribution in [1.29, 1.82) is 0 Å². The fourth-order valence-corrected chi connectivity index (χ4v) is 5.56. The van der Waals surface area contributed by atoms with Gasteiger partial charge in [0, 0.05) is 12.2 Å². The predicted octanol–water partition coefficient (Wildman–Crippen LogP) is 5.32. The molecule has 1 aliphatic heterocycles. The number of amides is 1. The number of halogens is 2. The van der Waals surface area contributed by atoms with Crippen LogP contribution < -0.4 is 9.46 Å². The Labute approximate surface area is 225 Å². The number of benzene rings is 3. The van der Waals surface area contributed by atoms with E-state index in [-0.39, 0.29) is 38.1 Å². The minimum Gasteiger partial charge on any atom is -0.497 e. The summed E-state index contributed by atoms with van der Waals surface area (Å²) in [7, 11) is -2.40. The normalized spacial score (nSPS) is 15.3. The number of carbonyl (C=O) groups is 2. The molecule has 1 N–H and O–H groups in total. The summed E-state index contributed by atoms with van der Waals surface area (Å²) in [4.78, 5) is 27.1. The average molecular weight is 563 g/mol. The van der Waals surface area contributed by atoms with Crippen LogP contribution in [-0.4, -0.2) is 45.5 Å². The molecule has 3 aromatic carbocycles. The van der Waals surface area contributed by atoms with Gasteiger partial charge < -0.3 is 14.4 Å². The van der Waals surface area contributed by atoms with E-state index in [0.717, 1.165) is 18.4 Å². The highest BCUT2D eigenvalue weighted by atomic mass is 35.5. The van der Waals surface area contributed by atoms with E-state index in [2.05, 4.69) is 4.72 Å². The molecular formula is C26H24Cl2N2O6S. The lowest BCUT2D eigenvalue weighted by atomic mass is 10.0. The van der Waals surface area contributed by atoms with Gasteiger partial charge in [-0.3, -0.25) is 9.52 Å². The maximum Gasteiger partial charge on any atom is 0.338 e. The molecule has 0 spiro atoms. The molecule has 1 aliphatic rings. The van der Waals surface area contributed by atoms with Crippen molar-refractivity contribution in [2.45, 2.75) is 23.8 Å². The maximum atomic E-state index is 12.9. The van der Waals surface area contributed by atoms with Crippen molar-refractivity contribution in [3.05, 3.63) is 87.9 Å². The van der Waals surface area contributed by atoms with Gasteiger partial charge in [0.25, 0.3) is 15.9 Å². The van der Waals surface area contributed by atoms with Gasteiger partial charge >= 0.3 is 5.97 Å². The molecule has 1 heterocycles. The van der Waals surface area contributed by atoms with E-state index in [1.807, 2.05) is 24.3 Å². The highest BCUT2D eigenvalue weighted by Gasteiger charge is 2.30. The Morgan fingerprint density at radius 2 is 1.81 bits per heavy atom. The van der Waals surface area contributed by atoms with E-state index in [9.17, 15) is 18.0 Å². The lowest BCUT2D eigenvalue weighted by Gasteiger charge is -2.25. The average Bonchev–Trinajstić information content (AvgIpc) is 3.39. The molecule has 0 aromatic heterocycles. The summed E-state index contributed by atoms with van der Waals surface area (Å²) in [5.41, 5.74) is 1.19. The van der Waals surface area contributed by atoms with Gasteiger partial charge in [0.15, 0.2) is 6.61 Å². The van der Waals surface area contributed by atoms with Gasteiger partial charge in [0.05, 0.1) is 33.7 Å². The molecule has 0 saturated carbocycles. The Bertz CT molecular complexity index is 1430. The van der Waals surface area contributed by atoms with E-state index in [4.69, 9.17) is 32.7 Å². The molecule has 3 aromatic rings. The molecule has 0 radical (unpaired) electrons. The standard InChI is InChI=1S/C26H24Cl2N2O6S/c1-35-20-8-3-5-17(14-20)24-9-4-12-30(24)25(31)16-36-26(32)18-6-2-7-19(13-18)29-37(33,34)21-10-11-22(27)23(28)15-21/h2-3,5-8,10-11,13-15,24,29H,4,9,12,16H2,1H3. The second-order valence-electron chi connectivity index (χ2n) is 8.36. The number of methoxy groups -OCH3 is 1. The van der Waals surface area contributed by atoms with Crippen LogP contribution in [0.25, 0.3) is 0 Å². The first-order valence-corrected chi connectivity index (χ1v) is 13.6. The minimum absolute atomic E-state index is 0.0864. The number of likely N-dealkylation sites (tertiary alicyclic amines) is 1. The number of carbonyl (C=O) groups excluding carboxylic acids is 2. The quantitative estimate of drug-likeness (QED) is 0.372. The second-order valence-corrected chi connectivity index (χ2v) is 10.9. The van der Waals surface area contributed by atoms with Gasteiger partial charge in [-0.15, -0.1) is 0 Å². The zero-order chi connectivity index (χ0) is 26.6. The number of ether oxygens (including phenoxy) is 2. The van der Waals surface area contributed by atoms with Crippen LogP contribution in [-0.2, 0) is 19.6 Å². The van der Waals surface area contributed by atoms with Crippen molar-refractivity contribution < 1.29 is 27.5 Å². The summed E-state index contributed by atoms with van der Waals surface area (Å²) in [6.45, 7) is 0.128. The molecule has 1 saturated heterocycles. The first-order chi connectivity index (χ1) is 17.7. The maximum absolute atomic E-state index is 12.9. The lowest BCUT2D eigenvalue weighted by Crippen LogP contribution is -2.34. The molecule has 1 amide bonds. The number of anilines is 1. The zero-order valence-corrected chi connectivity index (χ0v) is 22.1. The third-order valence-corrected chi connectivity index (χ3v) is 8.05. The van der Waals surface area contributed by atoms with Gasteiger partial charge in [-0.1, -0.05) is 41.4 Å². The Morgan fingerprint density at radius 3 is 2.57 bits per heavy atom. The number of nitrogens with zero attached hydrogens (tertiary/aromatic N) is 1. The smallest absolute Gasteiger partial charge is 0.338 e. The van der Waals surface area contributed by atoms with E-state index < -0.39 is 22.6 Å². The number of hydrogen-bond acceptors (Lipinski definition) is 6. The largest absolute Gasteiger partial charge is 0.497 e. The number of nitrogens with one attached hydrogen (secondary N) is 1. The Balaban J connectivity index is 1.40. The third-order valence-electron chi connectivity index (χ3n) is 5.93. The molecule has 194 valence electrons. The van der Waals surface area contributed by atoms with Crippen molar-refractivity contribution in [3.63, 3.8) is 0 Å². The van der Waals surface area contributed by atoms with Gasteiger partial charge in [0.2, 0.25) is 0 Å². The summed E-state index contributed by atoms with van der Waals surface area (Å²) in [6.07, 6.45) is 1.64. The monoisotopic (exact) mass is 562 g/mol. The predicted molar refractivity (Wildman–Crippen MR) is 141 cm³/mol. The van der Waals surface area contributed by atoms with Gasteiger partial charge in [-0.2, -0.15) is 0 Å². The molecule has 37 heavy (non-hydrogen) atoms. The molecule has 0 aliphatic carbocycles. The SMILES string of the molecule is COc1cccc(C2CCCN2C(=O)COC(=O)c2cccc(NS(=O)(=O)c3ccc(Cl)c(Cl)c3)c2)c1. The molecule has 8 nitrogen and oxygen atoms in total. The summed E-state index contributed by atoms with van der Waals surface area (Å²) in [5.74, 6) is -0.353. The summed E-state index contributed by atoms with van der Waals surface area (Å²) >= 11 is 11.8. The molecule has 1 unspecified atom stereocenters. The van der Waals surface area contributed by atoms with Gasteiger partial charge in [-0.25, -0.2) is 13.2 Å². The zero-order valence-electron chi connectivity index (χ0n) is 19.8. The van der Waals surface area contributed by atoms with Crippen LogP contribution >= 0.6 is 23.2 Å². The minimum atomic E-state index is -3.98. The van der Waals surface area contributed by atoms with Crippen LogP contribution in [0, 0.1) is 0 Å². The first-order valence-electron chi connectivity index (χ1n) is 11.4. The summed E-state index contributed by atoms with van der Waals surface area (Å²) in [5, 5.41) is 0.321. The third kappa shape index (κ3) is 6.36. The fourth-order valence-electron chi connectivity index (χ4n) is 4.12. The van der Waals surface area contributed by atoms with Crippen LogP contribution in [0.5, 0.6) is 5.75 Å². The van der Waals surface area contributed by atoms with Crippen molar-refractivity contribution in [2.75, 3.05) is 25.0 Å². The second kappa shape index (κ2) is 11.4. The van der Waals surface area contributed by atoms with E-state index in [0.29, 0.717) is 12.3 Å². The van der Waals surface area contributed by atoms with Crippen LogP contribution in [0.1, 0.15) is 34.8 Å². The number of hydrogen-bond donors (Lipinski definition) is 1. The van der Waals surface area contributed by atoms with Crippen LogP contribution in [0.3, 0.4) is 0 Å². The number of esters is 1. The summed E-state index contributed by atoms with van der Waals surface area (Å²) < 4.78 is 38.4. The topological polar surface area (TPSA) is 102 Å². The lowest BCUT2D eigenvalue weighted by molar-refractivity contribution is -0.135. The van der Waals surface area contributed by atoms with E-state index in [1.165, 1.54) is 42.5 Å². The van der Waals surface area contributed by atoms with Gasteiger partial charge in [-0.05, 0) is 66.9 Å².